The van der Waals surface area contributed by atoms with E-state index in [1.165, 1.54) is 12.1 Å². The van der Waals surface area contributed by atoms with Gasteiger partial charge in [-0.05, 0) is 102 Å². The third-order valence-electron chi connectivity index (χ3n) is 8.58. The molecule has 0 saturated heterocycles. The number of amides is 3. The molecule has 3 N–H and O–H groups in total. The van der Waals surface area contributed by atoms with Crippen LogP contribution in [0, 0.1) is 19.8 Å². The fourth-order valence-corrected chi connectivity index (χ4v) is 6.09. The molecular formula is C41H53N3O7. The van der Waals surface area contributed by atoms with E-state index in [0.29, 0.717) is 17.5 Å². The molecule has 10 nitrogen and oxygen atoms in total. The summed E-state index contributed by atoms with van der Waals surface area (Å²) in [6.45, 7) is 16.4. The first-order valence-corrected chi connectivity index (χ1v) is 17.5. The number of phenolic OH excluding ortho intramolecular Hbond substituents is 1. The second-order valence-corrected chi connectivity index (χ2v) is 15.6. The second-order valence-electron chi connectivity index (χ2n) is 15.6. The van der Waals surface area contributed by atoms with Crippen molar-refractivity contribution in [2.45, 2.75) is 117 Å². The summed E-state index contributed by atoms with van der Waals surface area (Å²) in [4.78, 5) is 58.2. The first-order chi connectivity index (χ1) is 23.8. The number of alkyl carbamates (subject to hydrolysis) is 1. The van der Waals surface area contributed by atoms with E-state index in [1.807, 2.05) is 69.3 Å². The minimum atomic E-state index is -1.14. The van der Waals surface area contributed by atoms with E-state index >= 15 is 0 Å². The molecule has 3 aromatic carbocycles. The number of hydrogen-bond acceptors (Lipinski definition) is 7. The number of carbonyl (C=O) groups is 4. The number of ether oxygens (including phenoxy) is 2. The van der Waals surface area contributed by atoms with Gasteiger partial charge >= 0.3 is 12.1 Å². The maximum absolute atomic E-state index is 15.0. The molecule has 5 unspecified atom stereocenters. The zero-order chi connectivity index (χ0) is 37.7. The lowest BCUT2D eigenvalue weighted by atomic mass is 9.95. The lowest BCUT2D eigenvalue weighted by molar-refractivity contribution is -0.159. The van der Waals surface area contributed by atoms with Crippen molar-refractivity contribution in [2.24, 2.45) is 5.92 Å². The molecule has 51 heavy (non-hydrogen) atoms. The lowest BCUT2D eigenvalue weighted by Gasteiger charge is -2.36. The van der Waals surface area contributed by atoms with Gasteiger partial charge in [0.1, 0.15) is 35.1 Å². The van der Waals surface area contributed by atoms with Gasteiger partial charge < -0.3 is 30.1 Å². The molecule has 1 saturated carbocycles. The van der Waals surface area contributed by atoms with Crippen LogP contribution in [0.3, 0.4) is 0 Å². The third kappa shape index (κ3) is 11.3. The molecule has 10 heteroatoms. The Kier molecular flexibility index (Phi) is 12.2. The van der Waals surface area contributed by atoms with Crippen molar-refractivity contribution < 1.29 is 33.8 Å². The summed E-state index contributed by atoms with van der Waals surface area (Å²) in [5, 5.41) is 15.7. The van der Waals surface area contributed by atoms with Crippen LogP contribution in [0.1, 0.15) is 88.7 Å². The van der Waals surface area contributed by atoms with Crippen LogP contribution in [0.5, 0.6) is 5.75 Å². The number of aryl methyl sites for hydroxylation is 2. The number of aromatic hydroxyl groups is 1. The summed E-state index contributed by atoms with van der Waals surface area (Å²) in [5.41, 5.74) is 2.28. The van der Waals surface area contributed by atoms with Crippen molar-refractivity contribution in [1.82, 2.24) is 15.5 Å². The van der Waals surface area contributed by atoms with Crippen molar-refractivity contribution in [3.8, 4) is 5.75 Å². The van der Waals surface area contributed by atoms with E-state index in [4.69, 9.17) is 9.47 Å². The molecule has 1 aliphatic rings. The highest BCUT2D eigenvalue weighted by Crippen LogP contribution is 2.41. The topological polar surface area (TPSA) is 134 Å². The fourth-order valence-electron chi connectivity index (χ4n) is 6.09. The summed E-state index contributed by atoms with van der Waals surface area (Å²) in [6, 6.07) is 17.8. The Labute approximate surface area is 301 Å². The number of esters is 1. The SMILES string of the molecule is Cc1ccc(C(C(=O)NC(Cc2ccccc2)C(=O)OC(C)(C)C)N(C(=O)C(Cc2ccc(O)cc2)NC(=O)OC(C)(C)C)C2CC2C)c(C)c1. The molecule has 4 rings (SSSR count). The molecule has 1 fully saturated rings. The summed E-state index contributed by atoms with van der Waals surface area (Å²) >= 11 is 0. The average Bonchev–Trinajstić information content (AvgIpc) is 3.74. The van der Waals surface area contributed by atoms with E-state index in [1.54, 1.807) is 58.6 Å². The predicted molar refractivity (Wildman–Crippen MR) is 196 cm³/mol. The number of rotatable bonds is 12. The summed E-state index contributed by atoms with van der Waals surface area (Å²) in [7, 11) is 0. The highest BCUT2D eigenvalue weighted by molar-refractivity contribution is 5.94. The number of benzene rings is 3. The first-order valence-electron chi connectivity index (χ1n) is 17.5. The molecule has 0 radical (unpaired) electrons. The van der Waals surface area contributed by atoms with Crippen LogP contribution < -0.4 is 10.6 Å². The molecule has 274 valence electrons. The molecule has 5 atom stereocenters. The molecule has 0 bridgehead atoms. The number of hydrogen-bond donors (Lipinski definition) is 3. The Morgan fingerprint density at radius 3 is 1.92 bits per heavy atom. The predicted octanol–water partition coefficient (Wildman–Crippen LogP) is 6.49. The number of phenols is 1. The molecule has 0 aromatic heterocycles. The van der Waals surface area contributed by atoms with E-state index < -0.39 is 53.2 Å². The molecule has 1 aliphatic carbocycles. The van der Waals surface area contributed by atoms with Gasteiger partial charge in [0.05, 0.1) is 0 Å². The van der Waals surface area contributed by atoms with Gasteiger partial charge in [0.2, 0.25) is 11.8 Å². The molecule has 0 spiro atoms. The number of carbonyl (C=O) groups excluding carboxylic acids is 4. The normalized spacial score (nSPS) is 17.4. The van der Waals surface area contributed by atoms with Crippen molar-refractivity contribution in [3.05, 3.63) is 101 Å². The van der Waals surface area contributed by atoms with Gasteiger partial charge in [-0.25, -0.2) is 9.59 Å². The standard InChI is InChI=1S/C41H53N3O7/c1-25-15-20-31(26(2)21-25)35(36(46)42-33(38(48)50-40(4,5)6)24-28-13-11-10-12-14-28)44(34-22-27(34)3)37(47)32(43-39(49)51-41(7,8)9)23-29-16-18-30(45)19-17-29/h10-21,27,32-35,45H,22-24H2,1-9H3,(H,42,46)(H,43,49). The Balaban J connectivity index is 1.80. The molecule has 0 heterocycles. The smallest absolute Gasteiger partial charge is 0.408 e. The first kappa shape index (κ1) is 38.9. The van der Waals surface area contributed by atoms with E-state index in [0.717, 1.165) is 16.7 Å². The monoisotopic (exact) mass is 699 g/mol. The maximum atomic E-state index is 15.0. The van der Waals surface area contributed by atoms with Crippen LogP contribution in [-0.4, -0.2) is 63.2 Å². The second kappa shape index (κ2) is 16.0. The van der Waals surface area contributed by atoms with Gasteiger partial charge in [-0.15, -0.1) is 0 Å². The van der Waals surface area contributed by atoms with Crippen LogP contribution in [0.4, 0.5) is 4.79 Å². The summed E-state index contributed by atoms with van der Waals surface area (Å²) < 4.78 is 11.3. The molecule has 3 aromatic rings. The largest absolute Gasteiger partial charge is 0.508 e. The van der Waals surface area contributed by atoms with Crippen LogP contribution in [-0.2, 0) is 36.7 Å². The van der Waals surface area contributed by atoms with Gasteiger partial charge in [-0.1, -0.05) is 73.2 Å². The number of nitrogens with zero attached hydrogens (tertiary/aromatic N) is 1. The highest BCUT2D eigenvalue weighted by atomic mass is 16.6. The number of nitrogens with one attached hydrogen (secondary N) is 2. The third-order valence-corrected chi connectivity index (χ3v) is 8.58. The van der Waals surface area contributed by atoms with Crippen LogP contribution in [0.15, 0.2) is 72.8 Å². The van der Waals surface area contributed by atoms with Crippen LogP contribution >= 0.6 is 0 Å². The summed E-state index contributed by atoms with van der Waals surface area (Å²) in [6.07, 6.45) is 0.131. The van der Waals surface area contributed by atoms with Crippen molar-refractivity contribution in [2.75, 3.05) is 0 Å². The Morgan fingerprint density at radius 2 is 1.37 bits per heavy atom. The zero-order valence-corrected chi connectivity index (χ0v) is 31.3. The van der Waals surface area contributed by atoms with Crippen LogP contribution in [0.2, 0.25) is 0 Å². The molecule has 3 amide bonds. The van der Waals surface area contributed by atoms with Gasteiger partial charge in [-0.3, -0.25) is 9.59 Å². The fraction of sp³-hybridized carbons (Fsp3) is 0.463. The Bertz CT molecular complexity index is 1690. The van der Waals surface area contributed by atoms with E-state index in [9.17, 15) is 24.3 Å². The molecular weight excluding hydrogens is 646 g/mol. The Hall–Kier alpha value is -4.86. The minimum absolute atomic E-state index is 0.0665. The quantitative estimate of drug-likeness (QED) is 0.184. The Morgan fingerprint density at radius 1 is 0.804 bits per heavy atom. The minimum Gasteiger partial charge on any atom is -0.508 e. The maximum Gasteiger partial charge on any atom is 0.408 e. The average molecular weight is 700 g/mol. The molecule has 0 aliphatic heterocycles. The van der Waals surface area contributed by atoms with E-state index in [-0.39, 0.29) is 30.6 Å². The highest BCUT2D eigenvalue weighted by Gasteiger charge is 2.49. The van der Waals surface area contributed by atoms with Gasteiger partial charge in [-0.2, -0.15) is 0 Å². The van der Waals surface area contributed by atoms with Gasteiger partial charge in [0.15, 0.2) is 0 Å². The van der Waals surface area contributed by atoms with Crippen molar-refractivity contribution >= 4 is 23.9 Å². The zero-order valence-electron chi connectivity index (χ0n) is 31.3. The van der Waals surface area contributed by atoms with Crippen molar-refractivity contribution in [3.63, 3.8) is 0 Å². The van der Waals surface area contributed by atoms with Crippen LogP contribution in [0.25, 0.3) is 0 Å². The summed E-state index contributed by atoms with van der Waals surface area (Å²) in [5.74, 6) is -1.45. The van der Waals surface area contributed by atoms with Gasteiger partial charge in [0, 0.05) is 18.9 Å². The van der Waals surface area contributed by atoms with Gasteiger partial charge in [0.25, 0.3) is 0 Å². The van der Waals surface area contributed by atoms with Crippen molar-refractivity contribution in [1.29, 1.82) is 0 Å². The lowest BCUT2D eigenvalue weighted by Crippen LogP contribution is -2.56. The van der Waals surface area contributed by atoms with E-state index in [2.05, 4.69) is 10.6 Å².